The number of aromatic nitrogens is 2. The number of piperidine rings is 1. The Morgan fingerprint density at radius 1 is 1.31 bits per heavy atom. The molecule has 4 rings (SSSR count). The van der Waals surface area contributed by atoms with Gasteiger partial charge in [0.1, 0.15) is 11.6 Å². The number of rotatable bonds is 5. The molecule has 0 aromatic carbocycles. The maximum absolute atomic E-state index is 12.6. The van der Waals surface area contributed by atoms with Gasteiger partial charge in [-0.1, -0.05) is 0 Å². The third kappa shape index (κ3) is 3.24. The average Bonchev–Trinajstić information content (AvgIpc) is 2.94. The second-order valence-electron chi connectivity index (χ2n) is 7.24. The van der Waals surface area contributed by atoms with Gasteiger partial charge in [-0.25, -0.2) is 0 Å². The first kappa shape index (κ1) is 17.2. The molecule has 2 aliphatic heterocycles. The van der Waals surface area contributed by atoms with E-state index in [1.807, 2.05) is 16.7 Å². The van der Waals surface area contributed by atoms with Gasteiger partial charge in [0.15, 0.2) is 0 Å². The Hall–Kier alpha value is -2.26. The molecule has 0 spiro atoms. The first-order valence-corrected chi connectivity index (χ1v) is 8.59. The Bertz CT molecular complexity index is 717. The zero-order valence-corrected chi connectivity index (χ0v) is 14.1. The summed E-state index contributed by atoms with van der Waals surface area (Å²) in [5, 5.41) is 8.90. The number of nitrogens with zero attached hydrogens (tertiary/aromatic N) is 4. The van der Waals surface area contributed by atoms with Crippen molar-refractivity contribution in [3.63, 3.8) is 0 Å². The number of carboxylic acids is 1. The van der Waals surface area contributed by atoms with E-state index in [1.165, 1.54) is 0 Å². The number of ether oxygens (including phenoxy) is 1. The van der Waals surface area contributed by atoms with Crippen molar-refractivity contribution in [3.05, 3.63) is 6.07 Å². The zero-order chi connectivity index (χ0) is 18.6. The van der Waals surface area contributed by atoms with Crippen LogP contribution in [0.4, 0.5) is 24.8 Å². The monoisotopic (exact) mass is 372 g/mol. The minimum absolute atomic E-state index is 0.145. The van der Waals surface area contributed by atoms with Crippen LogP contribution in [-0.2, 0) is 4.79 Å². The van der Waals surface area contributed by atoms with E-state index < -0.39 is 18.3 Å². The topological polar surface area (TPSA) is 78.8 Å². The summed E-state index contributed by atoms with van der Waals surface area (Å²) >= 11 is 0. The lowest BCUT2D eigenvalue weighted by Crippen LogP contribution is -2.46. The molecule has 0 unspecified atom stereocenters. The van der Waals surface area contributed by atoms with E-state index in [2.05, 4.69) is 14.7 Å². The van der Waals surface area contributed by atoms with Gasteiger partial charge in [0, 0.05) is 38.2 Å². The largest absolute Gasteiger partial charge is 0.575 e. The summed E-state index contributed by atoms with van der Waals surface area (Å²) in [6, 6.07) is 1.20. The van der Waals surface area contributed by atoms with Crippen LogP contribution in [0, 0.1) is 17.8 Å². The van der Waals surface area contributed by atoms with E-state index in [1.54, 1.807) is 6.07 Å². The maximum atomic E-state index is 12.6. The van der Waals surface area contributed by atoms with Crippen molar-refractivity contribution in [3.8, 4) is 6.01 Å². The normalized spacial score (nSPS) is 30.0. The second kappa shape index (κ2) is 5.88. The van der Waals surface area contributed by atoms with E-state index in [0.29, 0.717) is 24.7 Å². The highest BCUT2D eigenvalue weighted by Gasteiger charge is 2.56. The molecule has 1 N–H and O–H groups in total. The number of anilines is 2. The third-order valence-electron chi connectivity index (χ3n) is 5.61. The molecule has 0 bridgehead atoms. The molecule has 1 saturated carbocycles. The summed E-state index contributed by atoms with van der Waals surface area (Å²) in [5.41, 5.74) is 0. The summed E-state index contributed by atoms with van der Waals surface area (Å²) < 4.78 is 41.8. The minimum atomic E-state index is -4.85. The van der Waals surface area contributed by atoms with Crippen LogP contribution in [0.5, 0.6) is 6.01 Å². The van der Waals surface area contributed by atoms with Crippen LogP contribution in [-0.4, -0.2) is 53.1 Å². The molecule has 1 aromatic heterocycles. The molecular formula is C16H19F3N4O3. The predicted molar refractivity (Wildman–Crippen MR) is 85.1 cm³/mol. The van der Waals surface area contributed by atoms with Gasteiger partial charge < -0.3 is 19.6 Å². The molecular weight excluding hydrogens is 353 g/mol. The van der Waals surface area contributed by atoms with Crippen LogP contribution in [0.25, 0.3) is 0 Å². The number of fused-ring (bicyclic) bond motifs is 1. The molecule has 2 saturated heterocycles. The molecule has 0 radical (unpaired) electrons. The molecule has 4 atom stereocenters. The third-order valence-corrected chi connectivity index (χ3v) is 5.61. The van der Waals surface area contributed by atoms with Crippen molar-refractivity contribution in [1.82, 2.24) is 9.97 Å². The van der Waals surface area contributed by atoms with Gasteiger partial charge in [0.2, 0.25) is 0 Å². The van der Waals surface area contributed by atoms with E-state index in [4.69, 9.17) is 5.11 Å². The number of alkyl halides is 3. The van der Waals surface area contributed by atoms with E-state index >= 15 is 0 Å². The van der Waals surface area contributed by atoms with Crippen molar-refractivity contribution in [2.24, 2.45) is 17.8 Å². The fourth-order valence-corrected chi connectivity index (χ4v) is 4.06. The predicted octanol–water partition coefficient (Wildman–Crippen LogP) is 2.13. The summed E-state index contributed by atoms with van der Waals surface area (Å²) in [5.74, 6) is 0.698. The van der Waals surface area contributed by atoms with Gasteiger partial charge in [-0.3, -0.25) is 4.79 Å². The summed E-state index contributed by atoms with van der Waals surface area (Å²) in [7, 11) is 0. The molecule has 0 amide bonds. The van der Waals surface area contributed by atoms with Crippen molar-refractivity contribution in [2.75, 3.05) is 29.4 Å². The summed E-state index contributed by atoms with van der Waals surface area (Å²) in [6.45, 7) is 3.91. The number of halogens is 3. The average molecular weight is 372 g/mol. The Kier molecular flexibility index (Phi) is 3.89. The van der Waals surface area contributed by atoms with Crippen molar-refractivity contribution in [2.45, 2.75) is 32.2 Å². The molecule has 7 nitrogen and oxygen atoms in total. The van der Waals surface area contributed by atoms with Crippen LogP contribution in [0.3, 0.4) is 0 Å². The number of hydrogen-bond acceptors (Lipinski definition) is 6. The highest BCUT2D eigenvalue weighted by atomic mass is 19.4. The first-order valence-electron chi connectivity index (χ1n) is 8.59. The van der Waals surface area contributed by atoms with E-state index in [9.17, 15) is 18.0 Å². The maximum Gasteiger partial charge on any atom is 0.575 e. The molecule has 3 fully saturated rings. The molecule has 142 valence electrons. The Balaban J connectivity index is 1.53. The number of aliphatic carboxylic acids is 1. The number of carbonyl (C=O) groups is 1. The molecule has 10 heteroatoms. The van der Waals surface area contributed by atoms with Crippen molar-refractivity contribution in [1.29, 1.82) is 0 Å². The van der Waals surface area contributed by atoms with Gasteiger partial charge in [-0.15, -0.1) is 13.2 Å². The molecule has 26 heavy (non-hydrogen) atoms. The fourth-order valence-electron chi connectivity index (χ4n) is 4.06. The van der Waals surface area contributed by atoms with Crippen LogP contribution < -0.4 is 14.5 Å². The summed E-state index contributed by atoms with van der Waals surface area (Å²) in [6.07, 6.45) is -3.75. The molecule has 1 aliphatic carbocycles. The van der Waals surface area contributed by atoms with Crippen LogP contribution >= 0.6 is 0 Å². The molecule has 3 aliphatic rings. The lowest BCUT2D eigenvalue weighted by Gasteiger charge is -2.40. The highest BCUT2D eigenvalue weighted by Crippen LogP contribution is 2.54. The van der Waals surface area contributed by atoms with Crippen LogP contribution in [0.1, 0.15) is 19.8 Å². The number of hydrogen-bond donors (Lipinski definition) is 1. The zero-order valence-electron chi connectivity index (χ0n) is 14.1. The van der Waals surface area contributed by atoms with Gasteiger partial charge in [0.25, 0.3) is 0 Å². The van der Waals surface area contributed by atoms with Gasteiger partial charge in [-0.2, -0.15) is 9.97 Å². The molecule has 1 aromatic rings. The number of carboxylic acid groups (broad SMARTS) is 1. The van der Waals surface area contributed by atoms with E-state index in [0.717, 1.165) is 13.0 Å². The van der Waals surface area contributed by atoms with Crippen LogP contribution in [0.2, 0.25) is 0 Å². The Labute approximate surface area is 147 Å². The van der Waals surface area contributed by atoms with Crippen molar-refractivity contribution < 1.29 is 27.8 Å². The van der Waals surface area contributed by atoms with Crippen molar-refractivity contribution >= 4 is 17.6 Å². The van der Waals surface area contributed by atoms with Gasteiger partial charge in [0.05, 0.1) is 0 Å². The minimum Gasteiger partial charge on any atom is -0.481 e. The Morgan fingerprint density at radius 2 is 1.96 bits per heavy atom. The van der Waals surface area contributed by atoms with Gasteiger partial charge in [-0.05, 0) is 31.1 Å². The van der Waals surface area contributed by atoms with E-state index in [-0.39, 0.29) is 30.2 Å². The standard InChI is InChI=1S/C16H19F3N4O3/c1-8-2-3-23(8)13-5-12(20-15(21-13)26-16(17,18)19)22-6-10-9(4-14(24)25)11(10)7-22/h5,8-11H,2-4,6-7H2,1H3,(H,24,25)/t8-,9-,10-,11+/m0/s1. The smallest absolute Gasteiger partial charge is 0.481 e. The first-order chi connectivity index (χ1) is 12.2. The lowest BCUT2D eigenvalue weighted by atomic mass is 10.1. The quantitative estimate of drug-likeness (QED) is 0.848. The SMILES string of the molecule is C[C@H]1CCN1c1cc(N2C[C@@H]3[C@@H](CC(=O)O)[C@@H]3C2)nc(OC(F)(F)F)n1. The Morgan fingerprint density at radius 3 is 2.46 bits per heavy atom. The lowest BCUT2D eigenvalue weighted by molar-refractivity contribution is -0.277. The van der Waals surface area contributed by atoms with Gasteiger partial charge >= 0.3 is 18.3 Å². The summed E-state index contributed by atoms with van der Waals surface area (Å²) in [4.78, 5) is 22.5. The second-order valence-corrected chi connectivity index (χ2v) is 7.24. The fraction of sp³-hybridized carbons (Fsp3) is 0.688. The van der Waals surface area contributed by atoms with Crippen LogP contribution in [0.15, 0.2) is 6.07 Å². The molecule has 3 heterocycles. The highest BCUT2D eigenvalue weighted by molar-refractivity contribution is 5.68.